The number of hydrogen-bond donors (Lipinski definition) is 1. The molecule has 4 nitrogen and oxygen atoms in total. The Hall–Kier alpha value is -2.92. The zero-order chi connectivity index (χ0) is 20.5. The minimum atomic E-state index is -0.265. The Morgan fingerprint density at radius 2 is 1.96 bits per heavy atom. The van der Waals surface area contributed by atoms with Crippen molar-refractivity contribution in [2.24, 2.45) is 4.99 Å². The number of nitrogens with zero attached hydrogens (tertiary/aromatic N) is 2. The van der Waals surface area contributed by atoms with Crippen LogP contribution in [-0.4, -0.2) is 16.6 Å². The molecule has 0 aliphatic rings. The zero-order valence-corrected chi connectivity index (χ0v) is 17.3. The average molecular weight is 392 g/mol. The first-order valence-electron chi connectivity index (χ1n) is 8.90. The highest BCUT2D eigenvalue weighted by Crippen LogP contribution is 2.34. The van der Waals surface area contributed by atoms with Gasteiger partial charge in [0.05, 0.1) is 0 Å². The molecule has 0 saturated carbocycles. The van der Waals surface area contributed by atoms with Gasteiger partial charge in [-0.2, -0.15) is 0 Å². The van der Waals surface area contributed by atoms with Crippen LogP contribution in [0.2, 0.25) is 0 Å². The molecule has 1 N–H and O–H groups in total. The molecule has 0 atom stereocenters. The Labute approximate surface area is 171 Å². The van der Waals surface area contributed by atoms with Crippen molar-refractivity contribution in [3.63, 3.8) is 0 Å². The van der Waals surface area contributed by atoms with E-state index < -0.39 is 0 Å². The summed E-state index contributed by atoms with van der Waals surface area (Å²) in [7, 11) is 0. The molecule has 1 aromatic carbocycles. The van der Waals surface area contributed by atoms with Crippen LogP contribution in [0.5, 0.6) is 0 Å². The summed E-state index contributed by atoms with van der Waals surface area (Å²) in [4.78, 5) is 23.1. The first-order chi connectivity index (χ1) is 13.4. The van der Waals surface area contributed by atoms with Gasteiger partial charge in [-0.15, -0.1) is 0 Å². The number of thioether (sulfide) groups is 1. The molecule has 5 heteroatoms. The minimum absolute atomic E-state index is 0.265. The van der Waals surface area contributed by atoms with E-state index in [-0.39, 0.29) is 11.6 Å². The van der Waals surface area contributed by atoms with Crippen LogP contribution < -0.4 is 5.32 Å². The van der Waals surface area contributed by atoms with Crippen molar-refractivity contribution in [2.45, 2.75) is 32.2 Å². The second-order valence-corrected chi connectivity index (χ2v) is 7.52. The molecule has 2 aromatic rings. The summed E-state index contributed by atoms with van der Waals surface area (Å²) in [5.74, 6) is -0.265. The molecule has 1 heterocycles. The Morgan fingerprint density at radius 3 is 2.61 bits per heavy atom. The van der Waals surface area contributed by atoms with Crippen LogP contribution in [0.1, 0.15) is 31.9 Å². The van der Waals surface area contributed by atoms with E-state index in [9.17, 15) is 4.79 Å². The third kappa shape index (κ3) is 6.06. The first-order valence-corrected chi connectivity index (χ1v) is 9.72. The predicted octanol–water partition coefficient (Wildman–Crippen LogP) is 5.40. The Bertz CT molecular complexity index is 930. The van der Waals surface area contributed by atoms with Crippen LogP contribution in [0.3, 0.4) is 0 Å². The normalized spacial score (nSPS) is 12.2. The number of allylic oxidation sites excluding steroid dienone is 3. The Morgan fingerprint density at radius 1 is 1.21 bits per heavy atom. The van der Waals surface area contributed by atoms with Crippen LogP contribution in [0.4, 0.5) is 0 Å². The number of nitrogens with one attached hydrogen (secondary N) is 1. The Kier molecular flexibility index (Phi) is 7.96. The SMILES string of the molecule is C=CC(=N/C(C)=C(\C)Sc1ccccc1C(=C)C)C(=O)NCc1cccnc1. The number of aromatic nitrogens is 1. The number of aliphatic imine (C=N–C) groups is 1. The van der Waals surface area contributed by atoms with Crippen LogP contribution in [0.25, 0.3) is 5.57 Å². The number of hydrogen-bond acceptors (Lipinski definition) is 4. The molecule has 144 valence electrons. The van der Waals surface area contributed by atoms with Crippen molar-refractivity contribution in [3.8, 4) is 0 Å². The van der Waals surface area contributed by atoms with E-state index in [4.69, 9.17) is 0 Å². The standard InChI is InChI=1S/C23H25N3OS/c1-6-21(23(27)25-15-19-10-9-13-24-14-19)26-17(4)18(5)28-22-12-8-7-11-20(22)16(2)3/h6-14H,1-2,15H2,3-5H3,(H,25,27)/b18-17+,26-21?. The minimum Gasteiger partial charge on any atom is -0.347 e. The van der Waals surface area contributed by atoms with Gasteiger partial charge < -0.3 is 5.32 Å². The lowest BCUT2D eigenvalue weighted by molar-refractivity contribution is -0.114. The van der Waals surface area contributed by atoms with E-state index in [0.717, 1.165) is 32.2 Å². The summed E-state index contributed by atoms with van der Waals surface area (Å²) < 4.78 is 0. The van der Waals surface area contributed by atoms with Gasteiger partial charge in [-0.3, -0.25) is 9.78 Å². The second kappa shape index (κ2) is 10.4. The lowest BCUT2D eigenvalue weighted by atomic mass is 10.1. The monoisotopic (exact) mass is 391 g/mol. The molecule has 2 rings (SSSR count). The van der Waals surface area contributed by atoms with Crippen LogP contribution in [0.15, 0.2) is 88.5 Å². The third-order valence-corrected chi connectivity index (χ3v) is 5.19. The molecule has 0 radical (unpaired) electrons. The first kappa shape index (κ1) is 21.4. The van der Waals surface area contributed by atoms with Crippen molar-refractivity contribution in [2.75, 3.05) is 0 Å². The van der Waals surface area contributed by atoms with Gasteiger partial charge in [0, 0.05) is 34.4 Å². The quantitative estimate of drug-likeness (QED) is 0.484. The highest BCUT2D eigenvalue weighted by Gasteiger charge is 2.10. The van der Waals surface area contributed by atoms with E-state index in [2.05, 4.69) is 40.6 Å². The fourth-order valence-electron chi connectivity index (χ4n) is 2.37. The van der Waals surface area contributed by atoms with Gasteiger partial charge in [0.1, 0.15) is 5.71 Å². The number of amides is 1. The molecule has 28 heavy (non-hydrogen) atoms. The van der Waals surface area contributed by atoms with Gasteiger partial charge >= 0.3 is 0 Å². The molecular formula is C23H25N3OS. The lowest BCUT2D eigenvalue weighted by Gasteiger charge is -2.10. The molecule has 1 aromatic heterocycles. The topological polar surface area (TPSA) is 54.4 Å². The number of pyridine rings is 1. The highest BCUT2D eigenvalue weighted by molar-refractivity contribution is 8.03. The summed E-state index contributed by atoms with van der Waals surface area (Å²) in [5.41, 5.74) is 4.11. The number of carbonyl (C=O) groups is 1. The number of carbonyl (C=O) groups excluding carboxylic acids is 1. The summed E-state index contributed by atoms with van der Waals surface area (Å²) in [6.45, 7) is 14.0. The number of benzene rings is 1. The van der Waals surface area contributed by atoms with Gasteiger partial charge in [0.25, 0.3) is 5.91 Å². The van der Waals surface area contributed by atoms with Gasteiger partial charge in [0.15, 0.2) is 0 Å². The summed E-state index contributed by atoms with van der Waals surface area (Å²) in [6, 6.07) is 11.9. The van der Waals surface area contributed by atoms with Gasteiger partial charge in [-0.1, -0.05) is 49.2 Å². The summed E-state index contributed by atoms with van der Waals surface area (Å²) >= 11 is 1.62. The van der Waals surface area contributed by atoms with Crippen molar-refractivity contribution in [1.29, 1.82) is 0 Å². The van der Waals surface area contributed by atoms with Crippen molar-refractivity contribution < 1.29 is 4.79 Å². The van der Waals surface area contributed by atoms with Crippen LogP contribution in [-0.2, 0) is 11.3 Å². The highest BCUT2D eigenvalue weighted by atomic mass is 32.2. The molecule has 0 aliphatic heterocycles. The molecule has 1 amide bonds. The van der Waals surface area contributed by atoms with Gasteiger partial charge in [0.2, 0.25) is 0 Å². The molecule has 0 spiro atoms. The maximum atomic E-state index is 12.4. The molecule has 0 aliphatic carbocycles. The fraction of sp³-hybridized carbons (Fsp3) is 0.174. The van der Waals surface area contributed by atoms with Crippen LogP contribution in [0, 0.1) is 0 Å². The lowest BCUT2D eigenvalue weighted by Crippen LogP contribution is -2.29. The van der Waals surface area contributed by atoms with Crippen molar-refractivity contribution >= 4 is 29.0 Å². The van der Waals surface area contributed by atoms with Gasteiger partial charge in [-0.25, -0.2) is 4.99 Å². The molecular weight excluding hydrogens is 366 g/mol. The maximum Gasteiger partial charge on any atom is 0.270 e. The number of rotatable bonds is 8. The average Bonchev–Trinajstić information content (AvgIpc) is 2.71. The van der Waals surface area contributed by atoms with Crippen LogP contribution >= 0.6 is 11.8 Å². The second-order valence-electron chi connectivity index (χ2n) is 6.27. The smallest absolute Gasteiger partial charge is 0.270 e. The van der Waals surface area contributed by atoms with Crippen molar-refractivity contribution in [1.82, 2.24) is 10.3 Å². The van der Waals surface area contributed by atoms with E-state index in [1.807, 2.05) is 45.0 Å². The van der Waals surface area contributed by atoms with Gasteiger partial charge in [-0.05, 0) is 55.7 Å². The summed E-state index contributed by atoms with van der Waals surface area (Å²) in [5, 5.41) is 2.85. The van der Waals surface area contributed by atoms with E-state index in [0.29, 0.717) is 6.54 Å². The van der Waals surface area contributed by atoms with E-state index in [1.165, 1.54) is 6.08 Å². The largest absolute Gasteiger partial charge is 0.347 e. The zero-order valence-electron chi connectivity index (χ0n) is 16.5. The predicted molar refractivity (Wildman–Crippen MR) is 119 cm³/mol. The fourth-order valence-corrected chi connectivity index (χ4v) is 3.39. The Balaban J connectivity index is 2.14. The molecule has 0 unspecified atom stereocenters. The van der Waals surface area contributed by atoms with E-state index in [1.54, 1.807) is 24.2 Å². The van der Waals surface area contributed by atoms with Crippen molar-refractivity contribution in [3.05, 3.63) is 89.8 Å². The maximum absolute atomic E-state index is 12.4. The third-order valence-electron chi connectivity index (χ3n) is 4.01. The van der Waals surface area contributed by atoms with E-state index >= 15 is 0 Å². The molecule has 0 fully saturated rings. The molecule has 0 bridgehead atoms. The summed E-state index contributed by atoms with van der Waals surface area (Å²) in [6.07, 6.45) is 4.89. The molecule has 0 saturated heterocycles.